The maximum atomic E-state index is 13.4. The second kappa shape index (κ2) is 6.16. The molecule has 2 atom stereocenters. The van der Waals surface area contributed by atoms with E-state index < -0.39 is 23.3 Å². The van der Waals surface area contributed by atoms with Gasteiger partial charge in [-0.05, 0) is 26.0 Å². The Bertz CT molecular complexity index is 747. The van der Waals surface area contributed by atoms with Gasteiger partial charge in [-0.15, -0.1) is 0 Å². The van der Waals surface area contributed by atoms with E-state index in [1.54, 1.807) is 0 Å². The Hall–Kier alpha value is -2.55. The molecule has 1 aliphatic rings. The SMILES string of the molecule is C[C@@H]1CN(C(=O)c2noc(-c3cc(O)c(F)c(F)c3)n2)C[C@H](C)O1. The van der Waals surface area contributed by atoms with Crippen molar-refractivity contribution in [3.8, 4) is 17.2 Å². The van der Waals surface area contributed by atoms with Gasteiger partial charge in [0.2, 0.25) is 0 Å². The summed E-state index contributed by atoms with van der Waals surface area (Å²) in [6.07, 6.45) is -0.237. The first-order chi connectivity index (χ1) is 11.3. The van der Waals surface area contributed by atoms with Gasteiger partial charge in [0.05, 0.1) is 12.2 Å². The number of phenolic OH excluding ortho intramolecular Hbond substituents is 1. The largest absolute Gasteiger partial charge is 0.505 e. The van der Waals surface area contributed by atoms with Crippen molar-refractivity contribution in [3.63, 3.8) is 0 Å². The van der Waals surface area contributed by atoms with Gasteiger partial charge in [-0.2, -0.15) is 9.37 Å². The summed E-state index contributed by atoms with van der Waals surface area (Å²) in [5, 5.41) is 12.9. The van der Waals surface area contributed by atoms with Crippen LogP contribution in [0.15, 0.2) is 16.7 Å². The van der Waals surface area contributed by atoms with Gasteiger partial charge in [-0.1, -0.05) is 5.16 Å². The number of rotatable bonds is 2. The summed E-state index contributed by atoms with van der Waals surface area (Å²) in [5.41, 5.74) is -0.0262. The summed E-state index contributed by atoms with van der Waals surface area (Å²) >= 11 is 0. The summed E-state index contributed by atoms with van der Waals surface area (Å²) < 4.78 is 36.9. The molecule has 7 nitrogen and oxygen atoms in total. The Morgan fingerprint density at radius 3 is 2.58 bits per heavy atom. The van der Waals surface area contributed by atoms with Gasteiger partial charge in [0.25, 0.3) is 17.6 Å². The standard InChI is InChI=1S/C15H15F2N3O4/c1-7-5-20(6-8(2)23-7)15(22)13-18-14(24-19-13)9-3-10(16)12(17)11(21)4-9/h3-4,7-8,21H,5-6H2,1-2H3/t7-,8+. The molecular formula is C15H15F2N3O4. The Morgan fingerprint density at radius 2 is 1.96 bits per heavy atom. The molecule has 0 spiro atoms. The number of nitrogens with zero attached hydrogens (tertiary/aromatic N) is 3. The summed E-state index contributed by atoms with van der Waals surface area (Å²) in [4.78, 5) is 17.9. The number of hydrogen-bond acceptors (Lipinski definition) is 6. The van der Waals surface area contributed by atoms with Crippen LogP contribution in [0.25, 0.3) is 11.5 Å². The van der Waals surface area contributed by atoms with Crippen LogP contribution < -0.4 is 0 Å². The molecule has 2 aromatic rings. The number of benzene rings is 1. The highest BCUT2D eigenvalue weighted by Crippen LogP contribution is 2.27. The molecule has 1 amide bonds. The van der Waals surface area contributed by atoms with Crippen LogP contribution in [-0.2, 0) is 4.74 Å². The van der Waals surface area contributed by atoms with E-state index in [0.29, 0.717) is 13.1 Å². The second-order valence-electron chi connectivity index (χ2n) is 5.68. The van der Waals surface area contributed by atoms with Crippen LogP contribution >= 0.6 is 0 Å². The number of carbonyl (C=O) groups excluding carboxylic acids is 1. The smallest absolute Gasteiger partial charge is 0.295 e. The van der Waals surface area contributed by atoms with Crippen molar-refractivity contribution in [1.82, 2.24) is 15.0 Å². The lowest BCUT2D eigenvalue weighted by Gasteiger charge is -2.34. The minimum absolute atomic E-state index is 0.0262. The van der Waals surface area contributed by atoms with Gasteiger partial charge >= 0.3 is 0 Å². The van der Waals surface area contributed by atoms with E-state index >= 15 is 0 Å². The van der Waals surface area contributed by atoms with Crippen LogP contribution in [-0.4, -0.2) is 51.4 Å². The molecule has 0 saturated carbocycles. The lowest BCUT2D eigenvalue weighted by Crippen LogP contribution is -2.48. The maximum Gasteiger partial charge on any atom is 0.295 e. The fraction of sp³-hybridized carbons (Fsp3) is 0.400. The van der Waals surface area contributed by atoms with E-state index in [-0.39, 0.29) is 29.5 Å². The van der Waals surface area contributed by atoms with Crippen molar-refractivity contribution in [1.29, 1.82) is 0 Å². The molecular weight excluding hydrogens is 324 g/mol. The van der Waals surface area contributed by atoms with Gasteiger partial charge in [0.15, 0.2) is 17.4 Å². The van der Waals surface area contributed by atoms with Gasteiger partial charge in [-0.3, -0.25) is 4.79 Å². The van der Waals surface area contributed by atoms with Crippen molar-refractivity contribution in [2.75, 3.05) is 13.1 Å². The number of phenols is 1. The van der Waals surface area contributed by atoms with E-state index in [9.17, 15) is 18.7 Å². The number of morpholine rings is 1. The molecule has 0 unspecified atom stereocenters. The number of carbonyl (C=O) groups is 1. The number of hydrogen-bond donors (Lipinski definition) is 1. The third-order valence-corrected chi connectivity index (χ3v) is 3.58. The van der Waals surface area contributed by atoms with Crippen LogP contribution in [0, 0.1) is 11.6 Å². The third-order valence-electron chi connectivity index (χ3n) is 3.58. The zero-order chi connectivity index (χ0) is 17.4. The Balaban J connectivity index is 1.84. The minimum Gasteiger partial charge on any atom is -0.505 e. The molecule has 1 saturated heterocycles. The van der Waals surface area contributed by atoms with Crippen molar-refractivity contribution in [2.24, 2.45) is 0 Å². The molecule has 9 heteroatoms. The van der Waals surface area contributed by atoms with E-state index in [0.717, 1.165) is 12.1 Å². The fourth-order valence-electron chi connectivity index (χ4n) is 2.61. The highest BCUT2D eigenvalue weighted by molar-refractivity contribution is 5.90. The van der Waals surface area contributed by atoms with Crippen molar-refractivity contribution in [2.45, 2.75) is 26.1 Å². The lowest BCUT2D eigenvalue weighted by molar-refractivity contribution is -0.0589. The molecule has 1 fully saturated rings. The average molecular weight is 339 g/mol. The first-order valence-electron chi connectivity index (χ1n) is 7.32. The molecule has 0 radical (unpaired) electrons. The minimum atomic E-state index is -1.37. The fourth-order valence-corrected chi connectivity index (χ4v) is 2.61. The number of halogens is 2. The van der Waals surface area contributed by atoms with Crippen LogP contribution in [0.3, 0.4) is 0 Å². The molecule has 1 N–H and O–H groups in total. The maximum absolute atomic E-state index is 13.4. The Morgan fingerprint density at radius 1 is 1.29 bits per heavy atom. The van der Waals surface area contributed by atoms with Gasteiger partial charge in [0.1, 0.15) is 0 Å². The third kappa shape index (κ3) is 3.07. The summed E-state index contributed by atoms with van der Waals surface area (Å²) in [5.74, 6) is -4.35. The number of ether oxygens (including phenoxy) is 1. The van der Waals surface area contributed by atoms with Crippen LogP contribution in [0.2, 0.25) is 0 Å². The molecule has 1 aromatic carbocycles. The number of aromatic hydroxyl groups is 1. The predicted molar refractivity (Wildman–Crippen MR) is 77.2 cm³/mol. The molecule has 1 aliphatic heterocycles. The highest BCUT2D eigenvalue weighted by atomic mass is 19.2. The highest BCUT2D eigenvalue weighted by Gasteiger charge is 2.29. The molecule has 0 aliphatic carbocycles. The van der Waals surface area contributed by atoms with Crippen molar-refractivity contribution >= 4 is 5.91 Å². The van der Waals surface area contributed by atoms with Crippen LogP contribution in [0.5, 0.6) is 5.75 Å². The molecule has 0 bridgehead atoms. The lowest BCUT2D eigenvalue weighted by atomic mass is 10.2. The first kappa shape index (κ1) is 16.3. The van der Waals surface area contributed by atoms with Gasteiger partial charge in [-0.25, -0.2) is 4.39 Å². The average Bonchev–Trinajstić information content (AvgIpc) is 3.00. The molecule has 1 aromatic heterocycles. The van der Waals surface area contributed by atoms with Crippen molar-refractivity contribution < 1.29 is 27.9 Å². The van der Waals surface area contributed by atoms with Gasteiger partial charge in [0, 0.05) is 18.7 Å². The predicted octanol–water partition coefficient (Wildman–Crippen LogP) is 1.97. The summed E-state index contributed by atoms with van der Waals surface area (Å²) in [6.45, 7) is 4.47. The number of amides is 1. The summed E-state index contributed by atoms with van der Waals surface area (Å²) in [6, 6.07) is 1.74. The quantitative estimate of drug-likeness (QED) is 0.900. The molecule has 24 heavy (non-hydrogen) atoms. The van der Waals surface area contributed by atoms with Crippen LogP contribution in [0.4, 0.5) is 8.78 Å². The molecule has 128 valence electrons. The van der Waals surface area contributed by atoms with Crippen molar-refractivity contribution in [3.05, 3.63) is 29.6 Å². The normalized spacial score (nSPS) is 21.1. The van der Waals surface area contributed by atoms with Gasteiger partial charge < -0.3 is 19.3 Å². The van der Waals surface area contributed by atoms with E-state index in [4.69, 9.17) is 9.26 Å². The second-order valence-corrected chi connectivity index (χ2v) is 5.68. The number of aromatic nitrogens is 2. The van der Waals surface area contributed by atoms with E-state index in [2.05, 4.69) is 10.1 Å². The zero-order valence-electron chi connectivity index (χ0n) is 13.0. The Kier molecular flexibility index (Phi) is 4.18. The zero-order valence-corrected chi connectivity index (χ0v) is 13.0. The van der Waals surface area contributed by atoms with E-state index in [1.807, 2.05) is 13.8 Å². The monoisotopic (exact) mass is 339 g/mol. The topological polar surface area (TPSA) is 88.7 Å². The molecule has 2 heterocycles. The first-order valence-corrected chi connectivity index (χ1v) is 7.32. The Labute approximate surface area is 135 Å². The summed E-state index contributed by atoms with van der Waals surface area (Å²) in [7, 11) is 0. The molecule has 3 rings (SSSR count). The van der Waals surface area contributed by atoms with Crippen LogP contribution in [0.1, 0.15) is 24.5 Å². The van der Waals surface area contributed by atoms with E-state index in [1.165, 1.54) is 4.90 Å².